The van der Waals surface area contributed by atoms with Gasteiger partial charge in [0.05, 0.1) is 10.0 Å². The molecule has 0 saturated heterocycles. The van der Waals surface area contributed by atoms with Gasteiger partial charge in [0.2, 0.25) is 0 Å². The highest BCUT2D eigenvalue weighted by Crippen LogP contribution is 2.26. The Hall–Kier alpha value is -0.900. The highest BCUT2D eigenvalue weighted by atomic mass is 35.5. The first-order valence-corrected chi connectivity index (χ1v) is 6.75. The molecule has 2 nitrogen and oxygen atoms in total. The van der Waals surface area contributed by atoms with E-state index in [1.165, 1.54) is 10.4 Å². The van der Waals surface area contributed by atoms with E-state index in [9.17, 15) is 0 Å². The van der Waals surface area contributed by atoms with Crippen LogP contribution in [0, 0.1) is 6.92 Å². The smallest absolute Gasteiger partial charge is 0.0931 e. The van der Waals surface area contributed by atoms with Crippen LogP contribution in [0.5, 0.6) is 0 Å². The van der Waals surface area contributed by atoms with E-state index in [4.69, 9.17) is 11.6 Å². The Kier molecular flexibility index (Phi) is 4.15. The number of aryl methyl sites for hydroxylation is 1. The monoisotopic (exact) mass is 266 g/mol. The summed E-state index contributed by atoms with van der Waals surface area (Å²) in [6.07, 6.45) is 1.83. The summed E-state index contributed by atoms with van der Waals surface area (Å²) in [5, 5.41) is 3.46. The zero-order chi connectivity index (χ0) is 12.3. The molecule has 0 aliphatic heterocycles. The molecule has 1 unspecified atom stereocenters. The molecule has 17 heavy (non-hydrogen) atoms. The van der Waals surface area contributed by atoms with Crippen LogP contribution in [0.25, 0.3) is 0 Å². The van der Waals surface area contributed by atoms with E-state index >= 15 is 0 Å². The van der Waals surface area contributed by atoms with Crippen molar-refractivity contribution in [1.29, 1.82) is 0 Å². The fourth-order valence-electron chi connectivity index (χ4n) is 1.61. The molecule has 0 amide bonds. The number of nitrogens with one attached hydrogen (secondary N) is 1. The molecule has 0 bridgehead atoms. The van der Waals surface area contributed by atoms with Gasteiger partial charge in [-0.05, 0) is 37.6 Å². The van der Waals surface area contributed by atoms with E-state index in [1.54, 1.807) is 11.3 Å². The number of hydrogen-bond donors (Lipinski definition) is 1. The summed E-state index contributed by atoms with van der Waals surface area (Å²) in [5.41, 5.74) is 2.32. The molecule has 0 saturated carbocycles. The summed E-state index contributed by atoms with van der Waals surface area (Å²) in [4.78, 5) is 5.62. The van der Waals surface area contributed by atoms with Crippen molar-refractivity contribution in [2.24, 2.45) is 0 Å². The average molecular weight is 267 g/mol. The van der Waals surface area contributed by atoms with Gasteiger partial charge < -0.3 is 5.32 Å². The van der Waals surface area contributed by atoms with Gasteiger partial charge in [0.15, 0.2) is 0 Å². The average Bonchev–Trinajstić information content (AvgIpc) is 2.74. The lowest BCUT2D eigenvalue weighted by atomic mass is 10.2. The largest absolute Gasteiger partial charge is 0.304 e. The van der Waals surface area contributed by atoms with E-state index in [0.29, 0.717) is 6.04 Å². The van der Waals surface area contributed by atoms with Gasteiger partial charge in [0.25, 0.3) is 0 Å². The molecule has 0 aromatic carbocycles. The molecular weight excluding hydrogens is 252 g/mol. The number of halogens is 1. The van der Waals surface area contributed by atoms with Crippen molar-refractivity contribution in [3.05, 3.63) is 50.9 Å². The van der Waals surface area contributed by atoms with Gasteiger partial charge in [-0.15, -0.1) is 11.3 Å². The van der Waals surface area contributed by atoms with Gasteiger partial charge in [0.1, 0.15) is 0 Å². The third-order valence-electron chi connectivity index (χ3n) is 2.71. The normalized spacial score (nSPS) is 12.6. The van der Waals surface area contributed by atoms with Crippen molar-refractivity contribution in [3.8, 4) is 0 Å². The second kappa shape index (κ2) is 5.63. The summed E-state index contributed by atoms with van der Waals surface area (Å²) in [5.74, 6) is 0. The van der Waals surface area contributed by atoms with Crippen LogP contribution >= 0.6 is 22.9 Å². The number of rotatable bonds is 4. The van der Waals surface area contributed by atoms with Crippen LogP contribution in [0.15, 0.2) is 30.5 Å². The number of pyridine rings is 1. The molecule has 0 aliphatic carbocycles. The molecule has 2 rings (SSSR count). The highest BCUT2D eigenvalue weighted by Gasteiger charge is 2.08. The molecule has 0 spiro atoms. The van der Waals surface area contributed by atoms with Crippen molar-refractivity contribution < 1.29 is 0 Å². The second-order valence-electron chi connectivity index (χ2n) is 4.01. The van der Waals surface area contributed by atoms with Gasteiger partial charge in [-0.2, -0.15) is 0 Å². The molecule has 2 aromatic rings. The van der Waals surface area contributed by atoms with E-state index in [-0.39, 0.29) is 0 Å². The molecule has 4 heteroatoms. The lowest BCUT2D eigenvalue weighted by Crippen LogP contribution is -2.18. The Morgan fingerprint density at radius 1 is 1.41 bits per heavy atom. The van der Waals surface area contributed by atoms with Crippen LogP contribution < -0.4 is 5.32 Å². The predicted molar refractivity (Wildman–Crippen MR) is 73.6 cm³/mol. The predicted octanol–water partition coefficient (Wildman–Crippen LogP) is 3.96. The Morgan fingerprint density at radius 2 is 2.24 bits per heavy atom. The molecule has 0 fully saturated rings. The zero-order valence-corrected chi connectivity index (χ0v) is 11.5. The summed E-state index contributed by atoms with van der Waals surface area (Å²) in [7, 11) is 0. The Labute approximate surface area is 111 Å². The van der Waals surface area contributed by atoms with E-state index in [0.717, 1.165) is 16.6 Å². The van der Waals surface area contributed by atoms with Crippen LogP contribution in [0.3, 0.4) is 0 Å². The van der Waals surface area contributed by atoms with Crippen LogP contribution in [-0.4, -0.2) is 4.98 Å². The fourth-order valence-corrected chi connectivity index (χ4v) is 2.70. The lowest BCUT2D eigenvalue weighted by molar-refractivity contribution is 0.574. The van der Waals surface area contributed by atoms with E-state index < -0.39 is 0 Å². The topological polar surface area (TPSA) is 24.9 Å². The van der Waals surface area contributed by atoms with Crippen molar-refractivity contribution in [2.45, 2.75) is 26.4 Å². The first kappa shape index (κ1) is 12.6. The van der Waals surface area contributed by atoms with Crippen molar-refractivity contribution in [2.75, 3.05) is 0 Å². The molecule has 0 aliphatic rings. The third kappa shape index (κ3) is 3.28. The first-order valence-electron chi connectivity index (χ1n) is 5.56. The number of aromatic nitrogens is 1. The maximum atomic E-state index is 5.93. The van der Waals surface area contributed by atoms with Crippen LogP contribution in [0.1, 0.15) is 29.1 Å². The number of hydrogen-bond acceptors (Lipinski definition) is 3. The van der Waals surface area contributed by atoms with Crippen molar-refractivity contribution >= 4 is 22.9 Å². The van der Waals surface area contributed by atoms with Gasteiger partial charge in [-0.3, -0.25) is 4.98 Å². The molecule has 2 heterocycles. The minimum absolute atomic E-state index is 0.300. The third-order valence-corrected chi connectivity index (χ3v) is 4.13. The van der Waals surface area contributed by atoms with E-state index in [2.05, 4.69) is 36.3 Å². The van der Waals surface area contributed by atoms with Crippen LogP contribution in [0.2, 0.25) is 4.34 Å². The van der Waals surface area contributed by atoms with E-state index in [1.807, 2.05) is 18.3 Å². The summed E-state index contributed by atoms with van der Waals surface area (Å²) in [6, 6.07) is 8.34. The van der Waals surface area contributed by atoms with Crippen molar-refractivity contribution in [1.82, 2.24) is 10.3 Å². The van der Waals surface area contributed by atoms with Gasteiger partial charge in [-0.25, -0.2) is 0 Å². The Balaban J connectivity index is 1.97. The summed E-state index contributed by atoms with van der Waals surface area (Å²) in [6.45, 7) is 5.00. The van der Waals surface area contributed by atoms with Crippen LogP contribution in [0.4, 0.5) is 0 Å². The standard InChI is InChI=1S/C13H15ClN2S/c1-9-4-3-7-15-11(9)8-16-10(2)12-5-6-13(14)17-12/h3-7,10,16H,8H2,1-2H3. The maximum absolute atomic E-state index is 5.93. The van der Waals surface area contributed by atoms with Crippen molar-refractivity contribution in [3.63, 3.8) is 0 Å². The summed E-state index contributed by atoms with van der Waals surface area (Å²) < 4.78 is 0.836. The Morgan fingerprint density at radius 3 is 2.88 bits per heavy atom. The maximum Gasteiger partial charge on any atom is 0.0931 e. The lowest BCUT2D eigenvalue weighted by Gasteiger charge is -2.12. The number of thiophene rings is 1. The highest BCUT2D eigenvalue weighted by molar-refractivity contribution is 7.16. The zero-order valence-electron chi connectivity index (χ0n) is 9.90. The fraction of sp³-hybridized carbons (Fsp3) is 0.308. The molecular formula is C13H15ClN2S. The quantitative estimate of drug-likeness (QED) is 0.906. The van der Waals surface area contributed by atoms with Crippen LogP contribution in [-0.2, 0) is 6.54 Å². The van der Waals surface area contributed by atoms with Gasteiger partial charge in [0, 0.05) is 23.7 Å². The molecule has 0 radical (unpaired) electrons. The van der Waals surface area contributed by atoms with Gasteiger partial charge in [-0.1, -0.05) is 17.7 Å². The van der Waals surface area contributed by atoms with Gasteiger partial charge >= 0.3 is 0 Å². The Bertz CT molecular complexity index is 496. The molecule has 1 atom stereocenters. The minimum atomic E-state index is 0.300. The first-order chi connectivity index (χ1) is 8.16. The molecule has 90 valence electrons. The molecule has 1 N–H and O–H groups in total. The summed E-state index contributed by atoms with van der Waals surface area (Å²) >= 11 is 7.54. The SMILES string of the molecule is Cc1cccnc1CNC(C)c1ccc(Cl)s1. The molecule has 2 aromatic heterocycles. The second-order valence-corrected chi connectivity index (χ2v) is 5.76. The number of nitrogens with zero attached hydrogens (tertiary/aromatic N) is 1. The minimum Gasteiger partial charge on any atom is -0.304 e.